The lowest BCUT2D eigenvalue weighted by atomic mass is 10.1. The van der Waals surface area contributed by atoms with Crippen LogP contribution in [0, 0.1) is 0 Å². The van der Waals surface area contributed by atoms with Gasteiger partial charge in [0.05, 0.1) is 27.0 Å². The molecular weight excluding hydrogens is 521 g/mol. The Hall–Kier alpha value is -2.00. The van der Waals surface area contributed by atoms with Crippen molar-refractivity contribution in [2.24, 2.45) is 0 Å². The molecule has 0 saturated heterocycles. The number of nitrogens with one attached hydrogen (secondary N) is 1. The number of nitrogens with zero attached hydrogens (tertiary/aromatic N) is 2. The molecule has 2 amide bonds. The molecule has 2 rings (SSSR count). The summed E-state index contributed by atoms with van der Waals surface area (Å²) in [6, 6.07) is 11.1. The Bertz CT molecular complexity index is 1130. The minimum atomic E-state index is -3.93. The molecule has 11 heteroatoms. The van der Waals surface area contributed by atoms with Crippen molar-refractivity contribution in [2.75, 3.05) is 23.7 Å². The number of sulfonamides is 1. The van der Waals surface area contributed by atoms with E-state index in [1.54, 1.807) is 6.92 Å². The normalized spacial score (nSPS) is 12.4. The van der Waals surface area contributed by atoms with Crippen molar-refractivity contribution in [3.8, 4) is 0 Å². The molecule has 7 nitrogen and oxygen atoms in total. The molecule has 1 N–H and O–H groups in total. The summed E-state index contributed by atoms with van der Waals surface area (Å²) in [4.78, 5) is 27.5. The second-order valence-corrected chi connectivity index (χ2v) is 11.3. The number of carbonyl (C=O) groups excluding carboxylic acids is 2. The van der Waals surface area contributed by atoms with E-state index in [1.807, 2.05) is 44.2 Å². The number of hydrogen-bond acceptors (Lipinski definition) is 4. The Morgan fingerprint density at radius 1 is 0.971 bits per heavy atom. The van der Waals surface area contributed by atoms with Gasteiger partial charge in [0.2, 0.25) is 21.8 Å². The molecule has 0 saturated carbocycles. The molecular formula is C23H28Cl3N3O4S. The van der Waals surface area contributed by atoms with Gasteiger partial charge in [0.15, 0.2) is 0 Å². The van der Waals surface area contributed by atoms with Crippen LogP contribution in [0.15, 0.2) is 42.5 Å². The number of anilines is 1. The number of rotatable bonds is 10. The smallest absolute Gasteiger partial charge is 0.244 e. The molecule has 0 aromatic heterocycles. The van der Waals surface area contributed by atoms with Crippen LogP contribution in [-0.4, -0.2) is 56.6 Å². The first-order valence-electron chi connectivity index (χ1n) is 10.6. The Kier molecular flexibility index (Phi) is 10.1. The maximum atomic E-state index is 13.4. The van der Waals surface area contributed by atoms with E-state index in [1.165, 1.54) is 17.0 Å². The van der Waals surface area contributed by atoms with Crippen molar-refractivity contribution in [2.45, 2.75) is 39.3 Å². The summed E-state index contributed by atoms with van der Waals surface area (Å²) in [5.74, 6) is -0.898. The van der Waals surface area contributed by atoms with Crippen LogP contribution >= 0.6 is 34.8 Å². The first-order valence-corrected chi connectivity index (χ1v) is 13.6. The van der Waals surface area contributed by atoms with Crippen molar-refractivity contribution < 1.29 is 18.0 Å². The lowest BCUT2D eigenvalue weighted by Gasteiger charge is -2.32. The van der Waals surface area contributed by atoms with Gasteiger partial charge in [0.25, 0.3) is 0 Å². The monoisotopic (exact) mass is 547 g/mol. The van der Waals surface area contributed by atoms with Crippen LogP contribution in [0.1, 0.15) is 26.3 Å². The predicted molar refractivity (Wildman–Crippen MR) is 138 cm³/mol. The molecule has 0 bridgehead atoms. The number of halogens is 3. The third-order valence-corrected chi connectivity index (χ3v) is 7.17. The van der Waals surface area contributed by atoms with Gasteiger partial charge in [0.1, 0.15) is 12.6 Å². The summed E-state index contributed by atoms with van der Waals surface area (Å²) in [5.41, 5.74) is 0.999. The van der Waals surface area contributed by atoms with Gasteiger partial charge in [-0.3, -0.25) is 13.9 Å². The number of amides is 2. The Morgan fingerprint density at radius 2 is 1.56 bits per heavy atom. The summed E-state index contributed by atoms with van der Waals surface area (Å²) in [5, 5.41) is 3.06. The molecule has 2 aromatic rings. The van der Waals surface area contributed by atoms with Crippen molar-refractivity contribution >= 4 is 62.3 Å². The highest BCUT2D eigenvalue weighted by molar-refractivity contribution is 7.92. The molecule has 0 aliphatic rings. The van der Waals surface area contributed by atoms with Gasteiger partial charge in [-0.15, -0.1) is 0 Å². The zero-order valence-corrected chi connectivity index (χ0v) is 22.5. The van der Waals surface area contributed by atoms with Gasteiger partial charge in [-0.25, -0.2) is 8.42 Å². The third-order valence-electron chi connectivity index (χ3n) is 5.02. The lowest BCUT2D eigenvalue weighted by Crippen LogP contribution is -2.53. The largest absolute Gasteiger partial charge is 0.352 e. The second-order valence-electron chi connectivity index (χ2n) is 8.15. The fraction of sp³-hybridized carbons (Fsp3) is 0.391. The minimum Gasteiger partial charge on any atom is -0.352 e. The summed E-state index contributed by atoms with van der Waals surface area (Å²) in [7, 11) is -3.93. The van der Waals surface area contributed by atoms with Crippen molar-refractivity contribution in [1.29, 1.82) is 0 Å². The highest BCUT2D eigenvalue weighted by Gasteiger charge is 2.31. The van der Waals surface area contributed by atoms with E-state index in [2.05, 4.69) is 5.32 Å². The van der Waals surface area contributed by atoms with Gasteiger partial charge >= 0.3 is 0 Å². The molecule has 2 aromatic carbocycles. The number of benzene rings is 2. The first-order chi connectivity index (χ1) is 15.8. The van der Waals surface area contributed by atoms with Gasteiger partial charge in [-0.1, -0.05) is 65.1 Å². The third kappa shape index (κ3) is 7.77. The second kappa shape index (κ2) is 12.1. The first kappa shape index (κ1) is 28.2. The van der Waals surface area contributed by atoms with Crippen LogP contribution in [-0.2, 0) is 26.0 Å². The zero-order chi connectivity index (χ0) is 25.6. The van der Waals surface area contributed by atoms with Gasteiger partial charge in [-0.05, 0) is 44.9 Å². The van der Waals surface area contributed by atoms with E-state index in [4.69, 9.17) is 34.8 Å². The van der Waals surface area contributed by atoms with Gasteiger partial charge in [-0.2, -0.15) is 0 Å². The molecule has 0 fully saturated rings. The average molecular weight is 549 g/mol. The van der Waals surface area contributed by atoms with Crippen LogP contribution in [0.2, 0.25) is 15.1 Å². The Labute approximate surface area is 216 Å². The quantitative estimate of drug-likeness (QED) is 0.446. The maximum Gasteiger partial charge on any atom is 0.244 e. The molecule has 1 atom stereocenters. The predicted octanol–water partition coefficient (Wildman–Crippen LogP) is 4.40. The van der Waals surface area contributed by atoms with Crippen LogP contribution in [0.25, 0.3) is 0 Å². The van der Waals surface area contributed by atoms with Crippen molar-refractivity contribution in [1.82, 2.24) is 10.2 Å². The van der Waals surface area contributed by atoms with Crippen LogP contribution in [0.3, 0.4) is 0 Å². The van der Waals surface area contributed by atoms with Gasteiger partial charge < -0.3 is 10.2 Å². The maximum absolute atomic E-state index is 13.4. The van der Waals surface area contributed by atoms with Crippen molar-refractivity contribution in [3.63, 3.8) is 0 Å². The summed E-state index contributed by atoms with van der Waals surface area (Å²) >= 11 is 18.3. The fourth-order valence-electron chi connectivity index (χ4n) is 3.27. The minimum absolute atomic E-state index is 0.0223. The lowest BCUT2D eigenvalue weighted by molar-refractivity contribution is -0.139. The van der Waals surface area contributed by atoms with E-state index >= 15 is 0 Å². The molecule has 0 aliphatic heterocycles. The van der Waals surface area contributed by atoms with E-state index in [0.717, 1.165) is 16.1 Å². The molecule has 0 radical (unpaired) electrons. The SMILES string of the molecule is CC(C)NC(=O)[C@@H](C)N(CCc1ccccc1)C(=O)CN(c1cc(Cl)c(Cl)cc1Cl)S(C)(=O)=O. The van der Waals surface area contributed by atoms with Crippen LogP contribution in [0.5, 0.6) is 0 Å². The average Bonchev–Trinajstić information content (AvgIpc) is 2.74. The van der Waals surface area contributed by atoms with E-state index in [-0.39, 0.29) is 39.2 Å². The zero-order valence-electron chi connectivity index (χ0n) is 19.4. The fourth-order valence-corrected chi connectivity index (χ4v) is 4.82. The summed E-state index contributed by atoms with van der Waals surface area (Å²) in [6.45, 7) is 4.89. The van der Waals surface area contributed by atoms with E-state index < -0.39 is 28.5 Å². The summed E-state index contributed by atoms with van der Waals surface area (Å²) < 4.78 is 26.1. The van der Waals surface area contributed by atoms with Gasteiger partial charge in [0, 0.05) is 12.6 Å². The highest BCUT2D eigenvalue weighted by atomic mass is 35.5. The molecule has 0 spiro atoms. The molecule has 0 aliphatic carbocycles. The standard InChI is InChI=1S/C23H28Cl3N3O4S/c1-15(2)27-23(31)16(3)28(11-10-17-8-6-5-7-9-17)22(30)14-29(34(4,32)33)21-13-19(25)18(24)12-20(21)26/h5-9,12-13,15-16H,10-11,14H2,1-4H3,(H,27,31)/t16-/m1/s1. The molecule has 0 heterocycles. The van der Waals surface area contributed by atoms with Crippen LogP contribution in [0.4, 0.5) is 5.69 Å². The Balaban J connectivity index is 2.38. The topological polar surface area (TPSA) is 86.8 Å². The Morgan fingerprint density at radius 3 is 2.12 bits per heavy atom. The summed E-state index contributed by atoms with van der Waals surface area (Å²) in [6.07, 6.45) is 1.45. The van der Waals surface area contributed by atoms with E-state index in [0.29, 0.717) is 6.42 Å². The van der Waals surface area contributed by atoms with Crippen LogP contribution < -0.4 is 9.62 Å². The number of hydrogen-bond donors (Lipinski definition) is 1. The van der Waals surface area contributed by atoms with E-state index in [9.17, 15) is 18.0 Å². The molecule has 34 heavy (non-hydrogen) atoms. The van der Waals surface area contributed by atoms with Crippen molar-refractivity contribution in [3.05, 3.63) is 63.1 Å². The number of carbonyl (C=O) groups is 2. The molecule has 0 unspecified atom stereocenters. The highest BCUT2D eigenvalue weighted by Crippen LogP contribution is 2.35. The molecule has 186 valence electrons.